The lowest BCUT2D eigenvalue weighted by Crippen LogP contribution is -2.36. The molecular formula is C27H35N5O. The number of hydrogen-bond acceptors (Lipinski definition) is 4. The van der Waals surface area contributed by atoms with Gasteiger partial charge in [-0.15, -0.1) is 0 Å². The van der Waals surface area contributed by atoms with Crippen LogP contribution in [-0.4, -0.2) is 37.7 Å². The summed E-state index contributed by atoms with van der Waals surface area (Å²) in [6.45, 7) is 2.81. The van der Waals surface area contributed by atoms with Crippen LogP contribution in [0.25, 0.3) is 10.9 Å². The average Bonchev–Trinajstić information content (AvgIpc) is 2.83. The van der Waals surface area contributed by atoms with E-state index >= 15 is 0 Å². The summed E-state index contributed by atoms with van der Waals surface area (Å²) in [7, 11) is 4.14. The molecule has 0 spiro atoms. The van der Waals surface area contributed by atoms with E-state index in [0.29, 0.717) is 18.5 Å². The van der Waals surface area contributed by atoms with Crippen LogP contribution in [0.3, 0.4) is 0 Å². The molecule has 2 aromatic carbocycles. The predicted octanol–water partition coefficient (Wildman–Crippen LogP) is 5.66. The van der Waals surface area contributed by atoms with Crippen molar-refractivity contribution in [3.05, 3.63) is 60.2 Å². The predicted molar refractivity (Wildman–Crippen MR) is 138 cm³/mol. The minimum Gasteiger partial charge on any atom is -0.377 e. The molecule has 0 atom stereocenters. The number of nitrogens with zero attached hydrogens (tertiary/aromatic N) is 2. The topological polar surface area (TPSA) is 69.3 Å². The number of benzene rings is 2. The Kier molecular flexibility index (Phi) is 7.33. The number of anilines is 3. The van der Waals surface area contributed by atoms with E-state index in [1.54, 1.807) is 0 Å². The highest BCUT2D eigenvalue weighted by Crippen LogP contribution is 2.30. The van der Waals surface area contributed by atoms with Gasteiger partial charge in [-0.25, -0.2) is 9.78 Å². The van der Waals surface area contributed by atoms with Gasteiger partial charge in [-0.1, -0.05) is 43.3 Å². The fourth-order valence-corrected chi connectivity index (χ4v) is 4.68. The summed E-state index contributed by atoms with van der Waals surface area (Å²) < 4.78 is 0. The second-order valence-corrected chi connectivity index (χ2v) is 9.15. The van der Waals surface area contributed by atoms with Crippen LogP contribution in [0, 0.1) is 5.92 Å². The number of aromatic nitrogens is 1. The van der Waals surface area contributed by atoms with Gasteiger partial charge in [-0.2, -0.15) is 0 Å². The number of carbonyl (C=O) groups is 1. The minimum absolute atomic E-state index is 0.118. The molecule has 2 amide bonds. The third kappa shape index (κ3) is 5.75. The first kappa shape index (κ1) is 22.9. The van der Waals surface area contributed by atoms with Crippen molar-refractivity contribution in [3.63, 3.8) is 0 Å². The Morgan fingerprint density at radius 1 is 1.03 bits per heavy atom. The molecule has 0 aliphatic heterocycles. The lowest BCUT2D eigenvalue weighted by molar-refractivity contribution is 0.246. The Bertz CT molecular complexity index is 1090. The summed E-state index contributed by atoms with van der Waals surface area (Å²) in [5.74, 6) is 1.45. The molecule has 4 rings (SSSR count). The van der Waals surface area contributed by atoms with Crippen LogP contribution in [0.1, 0.15) is 38.2 Å². The van der Waals surface area contributed by atoms with Crippen molar-refractivity contribution >= 4 is 34.1 Å². The van der Waals surface area contributed by atoms with Crippen LogP contribution >= 0.6 is 0 Å². The maximum atomic E-state index is 12.4. The number of nitrogens with one attached hydrogen (secondary N) is 3. The quantitative estimate of drug-likeness (QED) is 0.439. The van der Waals surface area contributed by atoms with Crippen LogP contribution in [0.15, 0.2) is 54.6 Å². The molecule has 174 valence electrons. The summed E-state index contributed by atoms with van der Waals surface area (Å²) in [6, 6.07) is 18.7. The smallest absolute Gasteiger partial charge is 0.319 e. The molecule has 1 saturated carbocycles. The first-order chi connectivity index (χ1) is 16.0. The zero-order valence-electron chi connectivity index (χ0n) is 19.9. The first-order valence-electron chi connectivity index (χ1n) is 12.0. The van der Waals surface area contributed by atoms with Crippen molar-refractivity contribution in [1.29, 1.82) is 0 Å². The SMILES string of the molecule is CCc1ccccc1NC(=O)NC[C@H]1CC[C@@H](Nc2cc(N(C)C)c3ccccc3n2)CC1. The Morgan fingerprint density at radius 2 is 1.76 bits per heavy atom. The highest BCUT2D eigenvalue weighted by Gasteiger charge is 2.22. The van der Waals surface area contributed by atoms with Gasteiger partial charge in [0.2, 0.25) is 0 Å². The van der Waals surface area contributed by atoms with Crippen LogP contribution in [0.4, 0.5) is 22.0 Å². The van der Waals surface area contributed by atoms with Gasteiger partial charge in [0, 0.05) is 49.5 Å². The van der Waals surface area contributed by atoms with E-state index in [9.17, 15) is 4.79 Å². The molecule has 3 aromatic rings. The molecule has 0 saturated heterocycles. The van der Waals surface area contributed by atoms with E-state index in [4.69, 9.17) is 4.98 Å². The van der Waals surface area contributed by atoms with Gasteiger partial charge < -0.3 is 20.9 Å². The third-order valence-electron chi connectivity index (χ3n) is 6.57. The number of fused-ring (bicyclic) bond motifs is 1. The normalized spacial score (nSPS) is 18.0. The lowest BCUT2D eigenvalue weighted by Gasteiger charge is -2.30. The molecule has 1 aliphatic carbocycles. The van der Waals surface area contributed by atoms with E-state index in [-0.39, 0.29) is 6.03 Å². The molecule has 1 aromatic heterocycles. The van der Waals surface area contributed by atoms with E-state index in [0.717, 1.165) is 54.7 Å². The van der Waals surface area contributed by atoms with Gasteiger partial charge >= 0.3 is 6.03 Å². The molecule has 33 heavy (non-hydrogen) atoms. The van der Waals surface area contributed by atoms with Gasteiger partial charge in [-0.05, 0) is 55.7 Å². The Morgan fingerprint density at radius 3 is 2.52 bits per heavy atom. The largest absolute Gasteiger partial charge is 0.377 e. The number of amides is 2. The summed E-state index contributed by atoms with van der Waals surface area (Å²) in [4.78, 5) is 19.4. The molecular weight excluding hydrogens is 410 g/mol. The van der Waals surface area contributed by atoms with Crippen molar-refractivity contribution in [2.75, 3.05) is 36.2 Å². The van der Waals surface area contributed by atoms with Crippen molar-refractivity contribution in [2.45, 2.75) is 45.1 Å². The van der Waals surface area contributed by atoms with E-state index in [1.165, 1.54) is 11.1 Å². The highest BCUT2D eigenvalue weighted by atomic mass is 16.2. The molecule has 1 aliphatic rings. The molecule has 1 fully saturated rings. The molecule has 6 heteroatoms. The zero-order chi connectivity index (χ0) is 23.2. The number of carbonyl (C=O) groups excluding carboxylic acids is 1. The summed E-state index contributed by atoms with van der Waals surface area (Å²) in [5.41, 5.74) is 4.24. The zero-order valence-corrected chi connectivity index (χ0v) is 19.9. The second kappa shape index (κ2) is 10.6. The van der Waals surface area contributed by atoms with Crippen LogP contribution < -0.4 is 20.9 Å². The molecule has 0 bridgehead atoms. The van der Waals surface area contributed by atoms with Gasteiger partial charge in [-0.3, -0.25) is 0 Å². The molecule has 0 radical (unpaired) electrons. The second-order valence-electron chi connectivity index (χ2n) is 9.15. The Balaban J connectivity index is 1.27. The summed E-state index contributed by atoms with van der Waals surface area (Å²) in [6.07, 6.45) is 5.25. The van der Waals surface area contributed by atoms with Gasteiger partial charge in [0.05, 0.1) is 5.52 Å². The monoisotopic (exact) mass is 445 g/mol. The highest BCUT2D eigenvalue weighted by molar-refractivity contribution is 5.93. The molecule has 3 N–H and O–H groups in total. The maximum Gasteiger partial charge on any atom is 0.319 e. The van der Waals surface area contributed by atoms with E-state index in [2.05, 4.69) is 72.2 Å². The summed E-state index contributed by atoms with van der Waals surface area (Å²) >= 11 is 0. The molecule has 0 unspecified atom stereocenters. The van der Waals surface area contributed by atoms with Crippen LogP contribution in [0.2, 0.25) is 0 Å². The van der Waals surface area contributed by atoms with Crippen molar-refractivity contribution in [1.82, 2.24) is 10.3 Å². The number of urea groups is 1. The van der Waals surface area contributed by atoms with E-state index < -0.39 is 0 Å². The molecule has 1 heterocycles. The number of pyridine rings is 1. The summed E-state index contributed by atoms with van der Waals surface area (Å²) in [5, 5.41) is 10.9. The number of rotatable bonds is 7. The van der Waals surface area contributed by atoms with E-state index in [1.807, 2.05) is 24.3 Å². The standard InChI is InChI=1S/C27H35N5O/c1-4-20-9-5-7-11-23(20)31-27(33)28-18-19-13-15-21(16-14-19)29-26-17-25(32(2)3)22-10-6-8-12-24(22)30-26/h5-12,17,19,21H,4,13-16,18H2,1-3H3,(H,29,30)(H2,28,31,33)/t19-,21+. The maximum absolute atomic E-state index is 12.4. The first-order valence-corrected chi connectivity index (χ1v) is 12.0. The van der Waals surface area contributed by atoms with Crippen LogP contribution in [-0.2, 0) is 6.42 Å². The number of aryl methyl sites for hydroxylation is 1. The number of hydrogen-bond donors (Lipinski definition) is 3. The Hall–Kier alpha value is -3.28. The van der Waals surface area contributed by atoms with Crippen LogP contribution in [0.5, 0.6) is 0 Å². The van der Waals surface area contributed by atoms with Gasteiger partial charge in [0.15, 0.2) is 0 Å². The Labute approximate surface area is 196 Å². The van der Waals surface area contributed by atoms with Crippen molar-refractivity contribution < 1.29 is 4.79 Å². The van der Waals surface area contributed by atoms with Gasteiger partial charge in [0.1, 0.15) is 5.82 Å². The number of para-hydroxylation sites is 2. The third-order valence-corrected chi connectivity index (χ3v) is 6.57. The minimum atomic E-state index is -0.118. The van der Waals surface area contributed by atoms with Crippen molar-refractivity contribution in [2.24, 2.45) is 5.92 Å². The molecule has 6 nitrogen and oxygen atoms in total. The fraction of sp³-hybridized carbons (Fsp3) is 0.407. The van der Waals surface area contributed by atoms with Crippen molar-refractivity contribution in [3.8, 4) is 0 Å². The average molecular weight is 446 g/mol. The van der Waals surface area contributed by atoms with Gasteiger partial charge in [0.25, 0.3) is 0 Å². The fourth-order valence-electron chi connectivity index (χ4n) is 4.68. The lowest BCUT2D eigenvalue weighted by atomic mass is 9.86.